The molecule has 0 radical (unpaired) electrons. The number of pyridine rings is 2. The number of hydrogen-bond acceptors (Lipinski definition) is 7. The summed E-state index contributed by atoms with van der Waals surface area (Å²) in [6, 6.07) is 4.09. The van der Waals surface area contributed by atoms with Gasteiger partial charge in [-0.1, -0.05) is 0 Å². The molecule has 1 aliphatic heterocycles. The van der Waals surface area contributed by atoms with Gasteiger partial charge < -0.3 is 34.5 Å². The van der Waals surface area contributed by atoms with Crippen LogP contribution in [-0.4, -0.2) is 68.2 Å². The van der Waals surface area contributed by atoms with E-state index in [0.29, 0.717) is 55.2 Å². The van der Waals surface area contributed by atoms with Crippen LogP contribution < -0.4 is 21.1 Å². The van der Waals surface area contributed by atoms with Gasteiger partial charge in [0.1, 0.15) is 11.4 Å². The fourth-order valence-electron chi connectivity index (χ4n) is 5.51. The molecule has 1 aliphatic carbocycles. The smallest absolute Gasteiger partial charge is 0.341 e. The normalized spacial score (nSPS) is 15.1. The summed E-state index contributed by atoms with van der Waals surface area (Å²) in [5.41, 5.74) is 0.129. The number of benzene rings is 1. The van der Waals surface area contributed by atoms with Gasteiger partial charge in [0.05, 0.1) is 23.4 Å². The van der Waals surface area contributed by atoms with Gasteiger partial charge in [-0.2, -0.15) is 0 Å². The minimum Gasteiger partial charge on any atom is -0.503 e. The third kappa shape index (κ3) is 6.11. The van der Waals surface area contributed by atoms with Crippen molar-refractivity contribution in [1.29, 1.82) is 0 Å². The second-order valence-corrected chi connectivity index (χ2v) is 11.1. The van der Waals surface area contributed by atoms with E-state index in [0.717, 1.165) is 18.9 Å². The van der Waals surface area contributed by atoms with Crippen molar-refractivity contribution >= 4 is 34.4 Å². The fourth-order valence-corrected chi connectivity index (χ4v) is 5.51. The van der Waals surface area contributed by atoms with Gasteiger partial charge in [0.15, 0.2) is 5.75 Å². The Morgan fingerprint density at radius 1 is 1.05 bits per heavy atom. The van der Waals surface area contributed by atoms with Crippen LogP contribution in [0, 0.1) is 12.7 Å². The Balaban J connectivity index is 1.16. The zero-order valence-corrected chi connectivity index (χ0v) is 24.1. The molecule has 3 heterocycles. The Morgan fingerprint density at radius 3 is 2.40 bits per heavy atom. The Morgan fingerprint density at radius 2 is 1.74 bits per heavy atom. The first kappa shape index (κ1) is 29.8. The molecule has 228 valence electrons. The van der Waals surface area contributed by atoms with Crippen LogP contribution in [0.5, 0.6) is 5.75 Å². The maximum atomic E-state index is 15.2. The molecule has 12 nitrogen and oxygen atoms in total. The van der Waals surface area contributed by atoms with Crippen LogP contribution in [0.4, 0.5) is 10.1 Å². The number of carboxylic acid groups (broad SMARTS) is 1. The van der Waals surface area contributed by atoms with Crippen LogP contribution in [0.15, 0.2) is 34.0 Å². The molecule has 13 heteroatoms. The van der Waals surface area contributed by atoms with Crippen molar-refractivity contribution in [3.8, 4) is 5.75 Å². The summed E-state index contributed by atoms with van der Waals surface area (Å²) in [6.07, 6.45) is 3.62. The number of aromatic carboxylic acids is 1. The molecule has 1 saturated carbocycles. The highest BCUT2D eigenvalue weighted by Crippen LogP contribution is 2.38. The number of hydrogen-bond donors (Lipinski definition) is 3. The van der Waals surface area contributed by atoms with E-state index in [1.807, 2.05) is 4.90 Å². The van der Waals surface area contributed by atoms with E-state index in [4.69, 9.17) is 0 Å². The van der Waals surface area contributed by atoms with E-state index in [2.05, 4.69) is 5.32 Å². The molecule has 5 rings (SSSR count). The molecule has 0 unspecified atom stereocenters. The first-order valence-corrected chi connectivity index (χ1v) is 14.3. The first-order chi connectivity index (χ1) is 20.5. The van der Waals surface area contributed by atoms with Crippen LogP contribution >= 0.6 is 0 Å². The lowest BCUT2D eigenvalue weighted by molar-refractivity contribution is -0.131. The molecule has 3 aromatic rings. The number of rotatable bonds is 9. The molecule has 1 aromatic carbocycles. The van der Waals surface area contributed by atoms with Crippen LogP contribution in [0.1, 0.15) is 59.9 Å². The maximum absolute atomic E-state index is 15.2. The number of nitrogens with one attached hydrogen (secondary N) is 1. The molecular formula is C30H34FN5O7. The van der Waals surface area contributed by atoms with Gasteiger partial charge in [-0.05, 0) is 38.3 Å². The summed E-state index contributed by atoms with van der Waals surface area (Å²) < 4.78 is 18.6. The average molecular weight is 596 g/mol. The Kier molecular flexibility index (Phi) is 8.25. The van der Waals surface area contributed by atoms with Gasteiger partial charge in [-0.25, -0.2) is 9.18 Å². The summed E-state index contributed by atoms with van der Waals surface area (Å²) >= 11 is 0. The first-order valence-electron chi connectivity index (χ1n) is 14.3. The highest BCUT2D eigenvalue weighted by Gasteiger charge is 2.29. The largest absolute Gasteiger partial charge is 0.503 e. The van der Waals surface area contributed by atoms with E-state index < -0.39 is 28.4 Å². The predicted octanol–water partition coefficient (Wildman–Crippen LogP) is 2.02. The Bertz CT molecular complexity index is 1740. The van der Waals surface area contributed by atoms with Gasteiger partial charge in [-0.15, -0.1) is 0 Å². The van der Waals surface area contributed by atoms with Crippen molar-refractivity contribution < 1.29 is 29.0 Å². The quantitative estimate of drug-likeness (QED) is 0.340. The molecule has 43 heavy (non-hydrogen) atoms. The van der Waals surface area contributed by atoms with Gasteiger partial charge in [0, 0.05) is 75.5 Å². The van der Waals surface area contributed by atoms with E-state index in [1.165, 1.54) is 12.3 Å². The number of carbonyl (C=O) groups is 3. The molecule has 2 aromatic heterocycles. The molecule has 0 atom stereocenters. The summed E-state index contributed by atoms with van der Waals surface area (Å²) in [6.45, 7) is 3.16. The monoisotopic (exact) mass is 595 g/mol. The number of carboxylic acids is 1. The average Bonchev–Trinajstić information content (AvgIpc) is 3.82. The lowest BCUT2D eigenvalue weighted by atomic mass is 10.1. The zero-order valence-electron chi connectivity index (χ0n) is 24.1. The second-order valence-electron chi connectivity index (χ2n) is 11.1. The van der Waals surface area contributed by atoms with Gasteiger partial charge in [-0.3, -0.25) is 19.2 Å². The van der Waals surface area contributed by atoms with Gasteiger partial charge >= 0.3 is 5.97 Å². The summed E-state index contributed by atoms with van der Waals surface area (Å²) in [4.78, 5) is 64.8. The number of aromatic hydroxyl groups is 1. The van der Waals surface area contributed by atoms with Crippen LogP contribution in [0.3, 0.4) is 0 Å². The lowest BCUT2D eigenvalue weighted by Gasteiger charge is -2.36. The van der Waals surface area contributed by atoms with Crippen molar-refractivity contribution in [1.82, 2.24) is 19.4 Å². The van der Waals surface area contributed by atoms with E-state index in [9.17, 15) is 34.2 Å². The number of halogens is 1. The summed E-state index contributed by atoms with van der Waals surface area (Å²) in [5.74, 6) is -2.80. The van der Waals surface area contributed by atoms with E-state index >= 15 is 4.39 Å². The number of amides is 2. The fraction of sp³-hybridized carbons (Fsp3) is 0.433. The number of aryl methyl sites for hydroxylation is 1. The minimum atomic E-state index is -1.34. The third-order valence-electron chi connectivity index (χ3n) is 8.27. The van der Waals surface area contributed by atoms with Crippen LogP contribution in [0.2, 0.25) is 0 Å². The van der Waals surface area contributed by atoms with E-state index in [1.54, 1.807) is 34.1 Å². The van der Waals surface area contributed by atoms with E-state index in [-0.39, 0.29) is 48.2 Å². The predicted molar refractivity (Wildman–Crippen MR) is 156 cm³/mol. The Hall–Kier alpha value is -4.68. The summed E-state index contributed by atoms with van der Waals surface area (Å²) in [7, 11) is 1.69. The zero-order chi connectivity index (χ0) is 31.0. The molecule has 1 saturated heterocycles. The molecule has 2 fully saturated rings. The van der Waals surface area contributed by atoms with Crippen molar-refractivity contribution in [2.24, 2.45) is 7.05 Å². The van der Waals surface area contributed by atoms with Crippen LogP contribution in [0.25, 0.3) is 10.9 Å². The maximum Gasteiger partial charge on any atom is 0.341 e. The number of piperazine rings is 1. The van der Waals surface area contributed by atoms with Crippen molar-refractivity contribution in [3.05, 3.63) is 67.6 Å². The standard InChI is InChI=1S/C30H34FN5O7/c1-17-12-25(37)29(41)24(33(17)2)15-32-26(38)4-3-5-27(39)35-10-8-34(9-11-35)23-14-22-19(13-21(23)31)28(40)20(30(42)43)16-36(22)18-6-7-18/h12-14,16,18,41H,3-11,15H2,1-2H3,(H,32,38)(H,42,43). The molecule has 0 bridgehead atoms. The topological polar surface area (TPSA) is 154 Å². The molecule has 0 spiro atoms. The van der Waals surface area contributed by atoms with Gasteiger partial charge in [0.25, 0.3) is 0 Å². The SMILES string of the molecule is Cc1cc(=O)c(O)c(CNC(=O)CCCC(=O)N2CCN(c3cc4c(cc3F)c(=O)c(C(=O)O)cn4C3CC3)CC2)n1C. The Labute approximate surface area is 245 Å². The molecule has 3 N–H and O–H groups in total. The highest BCUT2D eigenvalue weighted by molar-refractivity contribution is 5.93. The minimum absolute atomic E-state index is 0.0170. The lowest BCUT2D eigenvalue weighted by Crippen LogP contribution is -2.49. The van der Waals surface area contributed by atoms with Crippen molar-refractivity contribution in [2.75, 3.05) is 31.1 Å². The van der Waals surface area contributed by atoms with Gasteiger partial charge in [0.2, 0.25) is 22.7 Å². The second kappa shape index (κ2) is 11.9. The number of carbonyl (C=O) groups excluding carboxylic acids is 2. The number of aromatic nitrogens is 2. The highest BCUT2D eigenvalue weighted by atomic mass is 19.1. The number of nitrogens with zero attached hydrogens (tertiary/aromatic N) is 4. The molecule has 2 amide bonds. The van der Waals surface area contributed by atoms with Crippen molar-refractivity contribution in [3.63, 3.8) is 0 Å². The molecule has 2 aliphatic rings. The molecular weight excluding hydrogens is 561 g/mol. The third-order valence-corrected chi connectivity index (χ3v) is 8.27. The summed E-state index contributed by atoms with van der Waals surface area (Å²) in [5, 5.41) is 22.2. The van der Waals surface area contributed by atoms with Crippen LogP contribution in [-0.2, 0) is 23.2 Å². The number of anilines is 1. The van der Waals surface area contributed by atoms with Crippen molar-refractivity contribution in [2.45, 2.75) is 51.6 Å². The number of fused-ring (bicyclic) bond motifs is 1.